The molecule has 1 heterocycles. The van der Waals surface area contributed by atoms with Gasteiger partial charge in [-0.25, -0.2) is 0 Å². The molecule has 1 unspecified atom stereocenters. The second kappa shape index (κ2) is 7.06. The van der Waals surface area contributed by atoms with Gasteiger partial charge in [0.1, 0.15) is 13.2 Å². The van der Waals surface area contributed by atoms with Crippen molar-refractivity contribution in [1.29, 1.82) is 0 Å². The molecular formula is C16H21NO3. The lowest BCUT2D eigenvalue weighted by Crippen LogP contribution is -2.27. The Kier molecular flexibility index (Phi) is 5.14. The van der Waals surface area contributed by atoms with Gasteiger partial charge in [-0.3, -0.25) is 0 Å². The summed E-state index contributed by atoms with van der Waals surface area (Å²) in [5.41, 5.74) is 1.10. The molecule has 1 N–H and O–H groups in total. The highest BCUT2D eigenvalue weighted by atomic mass is 16.6. The van der Waals surface area contributed by atoms with Crippen molar-refractivity contribution >= 4 is 0 Å². The van der Waals surface area contributed by atoms with Gasteiger partial charge in [-0.2, -0.15) is 0 Å². The van der Waals surface area contributed by atoms with E-state index >= 15 is 0 Å². The van der Waals surface area contributed by atoms with E-state index in [0.717, 1.165) is 30.7 Å². The van der Waals surface area contributed by atoms with Crippen LogP contribution in [0.25, 0.3) is 0 Å². The Labute approximate surface area is 120 Å². The fraction of sp³-hybridized carbons (Fsp3) is 0.500. The zero-order valence-corrected chi connectivity index (χ0v) is 12.1. The standard InChI is InChI=1S/C16H21NO3/c1-4-6-13(5-2)17-11-12-9-14(18-3)16-15(10-12)19-7-8-20-16/h1,9-10,13,17H,5-8,11H2,2-3H3. The Hall–Kier alpha value is -1.86. The number of nitrogens with one attached hydrogen (secondary N) is 1. The summed E-state index contributed by atoms with van der Waals surface area (Å²) in [4.78, 5) is 0. The molecule has 1 aromatic rings. The number of fused-ring (bicyclic) bond motifs is 1. The Bertz CT molecular complexity index is 476. The van der Waals surface area contributed by atoms with Crippen molar-refractivity contribution in [3.8, 4) is 29.6 Å². The third-order valence-electron chi connectivity index (χ3n) is 3.34. The highest BCUT2D eigenvalue weighted by Crippen LogP contribution is 2.40. The molecule has 0 aromatic heterocycles. The summed E-state index contributed by atoms with van der Waals surface area (Å²) in [6.45, 7) is 3.98. The Morgan fingerprint density at radius 3 is 2.90 bits per heavy atom. The Morgan fingerprint density at radius 2 is 2.20 bits per heavy atom. The van der Waals surface area contributed by atoms with Crippen LogP contribution in [0.2, 0.25) is 0 Å². The van der Waals surface area contributed by atoms with Gasteiger partial charge in [0.2, 0.25) is 5.75 Å². The highest BCUT2D eigenvalue weighted by molar-refractivity contribution is 5.54. The monoisotopic (exact) mass is 275 g/mol. The van der Waals surface area contributed by atoms with Gasteiger partial charge in [-0.1, -0.05) is 6.92 Å². The van der Waals surface area contributed by atoms with Crippen molar-refractivity contribution in [2.24, 2.45) is 0 Å². The van der Waals surface area contributed by atoms with Gasteiger partial charge in [0.15, 0.2) is 11.5 Å². The molecule has 2 rings (SSSR count). The van der Waals surface area contributed by atoms with Crippen LogP contribution in [-0.4, -0.2) is 26.4 Å². The maximum absolute atomic E-state index is 5.62. The average molecular weight is 275 g/mol. The van der Waals surface area contributed by atoms with Crippen LogP contribution in [0.3, 0.4) is 0 Å². The second-order valence-corrected chi connectivity index (χ2v) is 4.72. The molecule has 20 heavy (non-hydrogen) atoms. The molecular weight excluding hydrogens is 254 g/mol. The third kappa shape index (κ3) is 3.37. The molecule has 1 aromatic carbocycles. The number of terminal acetylenes is 1. The largest absolute Gasteiger partial charge is 0.493 e. The van der Waals surface area contributed by atoms with Crippen molar-refractivity contribution in [1.82, 2.24) is 5.32 Å². The molecule has 0 amide bonds. The van der Waals surface area contributed by atoms with Gasteiger partial charge in [0.05, 0.1) is 7.11 Å². The first kappa shape index (κ1) is 14.5. The molecule has 0 saturated carbocycles. The van der Waals surface area contributed by atoms with E-state index in [2.05, 4.69) is 18.2 Å². The van der Waals surface area contributed by atoms with E-state index in [9.17, 15) is 0 Å². The van der Waals surface area contributed by atoms with E-state index < -0.39 is 0 Å². The first-order chi connectivity index (χ1) is 9.78. The normalized spacial score (nSPS) is 14.4. The minimum absolute atomic E-state index is 0.333. The molecule has 0 aliphatic carbocycles. The predicted octanol–water partition coefficient (Wildman–Crippen LogP) is 2.36. The smallest absolute Gasteiger partial charge is 0.203 e. The quantitative estimate of drug-likeness (QED) is 0.809. The summed E-state index contributed by atoms with van der Waals surface area (Å²) >= 11 is 0. The number of benzene rings is 1. The molecule has 0 fully saturated rings. The molecule has 0 spiro atoms. The zero-order chi connectivity index (χ0) is 14.4. The Balaban J connectivity index is 2.10. The lowest BCUT2D eigenvalue weighted by molar-refractivity contribution is 0.165. The summed E-state index contributed by atoms with van der Waals surface area (Å²) in [6.07, 6.45) is 7.10. The van der Waals surface area contributed by atoms with E-state index in [4.69, 9.17) is 20.6 Å². The minimum atomic E-state index is 0.333. The third-order valence-corrected chi connectivity index (χ3v) is 3.34. The first-order valence-electron chi connectivity index (χ1n) is 6.91. The van der Waals surface area contributed by atoms with Gasteiger partial charge >= 0.3 is 0 Å². The molecule has 108 valence electrons. The van der Waals surface area contributed by atoms with Crippen LogP contribution in [0.1, 0.15) is 25.3 Å². The van der Waals surface area contributed by atoms with E-state index in [1.54, 1.807) is 7.11 Å². The molecule has 0 saturated heterocycles. The molecule has 1 aliphatic rings. The van der Waals surface area contributed by atoms with Gasteiger partial charge in [-0.05, 0) is 24.1 Å². The van der Waals surface area contributed by atoms with E-state index in [1.165, 1.54) is 0 Å². The molecule has 1 aliphatic heterocycles. The molecule has 4 heteroatoms. The molecule has 1 atom stereocenters. The number of hydrogen-bond donors (Lipinski definition) is 1. The summed E-state index contributed by atoms with van der Waals surface area (Å²) < 4.78 is 16.6. The summed E-state index contributed by atoms with van der Waals surface area (Å²) in [6, 6.07) is 4.30. The van der Waals surface area contributed by atoms with Gasteiger partial charge in [0.25, 0.3) is 0 Å². The molecule has 4 nitrogen and oxygen atoms in total. The SMILES string of the molecule is C#CCC(CC)NCc1cc(OC)c2c(c1)OCCO2. The van der Waals surface area contributed by atoms with Crippen molar-refractivity contribution in [3.05, 3.63) is 17.7 Å². The van der Waals surface area contributed by atoms with E-state index in [1.807, 2.05) is 12.1 Å². The molecule has 0 bridgehead atoms. The van der Waals surface area contributed by atoms with Crippen LogP contribution >= 0.6 is 0 Å². The highest BCUT2D eigenvalue weighted by Gasteiger charge is 2.18. The van der Waals surface area contributed by atoms with Gasteiger partial charge < -0.3 is 19.5 Å². The van der Waals surface area contributed by atoms with Crippen molar-refractivity contribution in [3.63, 3.8) is 0 Å². The Morgan fingerprint density at radius 1 is 1.40 bits per heavy atom. The summed E-state index contributed by atoms with van der Waals surface area (Å²) in [5, 5.41) is 3.45. The summed E-state index contributed by atoms with van der Waals surface area (Å²) in [7, 11) is 1.64. The van der Waals surface area contributed by atoms with Crippen LogP contribution in [0, 0.1) is 12.3 Å². The zero-order valence-electron chi connectivity index (χ0n) is 12.1. The number of methoxy groups -OCH3 is 1. The van der Waals surface area contributed by atoms with Crippen LogP contribution < -0.4 is 19.5 Å². The van der Waals surface area contributed by atoms with E-state index in [0.29, 0.717) is 30.8 Å². The van der Waals surface area contributed by atoms with Crippen molar-refractivity contribution in [2.45, 2.75) is 32.4 Å². The van der Waals surface area contributed by atoms with Gasteiger partial charge in [0, 0.05) is 19.0 Å². The van der Waals surface area contributed by atoms with Crippen LogP contribution in [0.5, 0.6) is 17.2 Å². The number of ether oxygens (including phenoxy) is 3. The molecule has 0 radical (unpaired) electrons. The topological polar surface area (TPSA) is 39.7 Å². The van der Waals surface area contributed by atoms with Gasteiger partial charge in [-0.15, -0.1) is 12.3 Å². The predicted molar refractivity (Wildman–Crippen MR) is 78.4 cm³/mol. The van der Waals surface area contributed by atoms with Crippen molar-refractivity contribution < 1.29 is 14.2 Å². The van der Waals surface area contributed by atoms with E-state index in [-0.39, 0.29) is 0 Å². The fourth-order valence-corrected chi connectivity index (χ4v) is 2.19. The fourth-order valence-electron chi connectivity index (χ4n) is 2.19. The van der Waals surface area contributed by atoms with Crippen molar-refractivity contribution in [2.75, 3.05) is 20.3 Å². The second-order valence-electron chi connectivity index (χ2n) is 4.72. The minimum Gasteiger partial charge on any atom is -0.493 e. The average Bonchev–Trinajstić information content (AvgIpc) is 2.50. The summed E-state index contributed by atoms with van der Waals surface area (Å²) in [5.74, 6) is 4.85. The number of hydrogen-bond acceptors (Lipinski definition) is 4. The first-order valence-corrected chi connectivity index (χ1v) is 6.91. The van der Waals surface area contributed by atoms with Crippen LogP contribution in [-0.2, 0) is 6.54 Å². The lowest BCUT2D eigenvalue weighted by Gasteiger charge is -2.22. The van der Waals surface area contributed by atoms with Crippen LogP contribution in [0.15, 0.2) is 12.1 Å². The lowest BCUT2D eigenvalue weighted by atomic mass is 10.1. The number of rotatable bonds is 6. The maximum Gasteiger partial charge on any atom is 0.203 e. The maximum atomic E-state index is 5.62. The van der Waals surface area contributed by atoms with Crippen LogP contribution in [0.4, 0.5) is 0 Å².